The van der Waals surface area contributed by atoms with Crippen LogP contribution in [0.4, 0.5) is 0 Å². The fraction of sp³-hybridized carbons (Fsp3) is 0.333. The largest absolute Gasteiger partial charge is 0.491 e. The van der Waals surface area contributed by atoms with Crippen LogP contribution in [0.5, 0.6) is 0 Å². The number of carbonyl (C=O) groups excluding carboxylic acids is 2. The van der Waals surface area contributed by atoms with Crippen molar-refractivity contribution in [2.24, 2.45) is 0 Å². The van der Waals surface area contributed by atoms with E-state index in [4.69, 9.17) is 4.74 Å². The Bertz CT molecular complexity index is 536. The lowest BCUT2D eigenvalue weighted by Crippen LogP contribution is -2.51. The topological polar surface area (TPSA) is 46.6 Å². The third-order valence-electron chi connectivity index (χ3n) is 3.65. The van der Waals surface area contributed by atoms with Gasteiger partial charge in [-0.2, -0.15) is 0 Å². The van der Waals surface area contributed by atoms with Crippen LogP contribution in [-0.4, -0.2) is 30.9 Å². The molecule has 0 N–H and O–H groups in total. The van der Waals surface area contributed by atoms with Crippen LogP contribution in [0.25, 0.3) is 0 Å². The van der Waals surface area contributed by atoms with Crippen LogP contribution < -0.4 is 0 Å². The van der Waals surface area contributed by atoms with Gasteiger partial charge in [0.25, 0.3) is 5.91 Å². The fourth-order valence-electron chi connectivity index (χ4n) is 2.45. The summed E-state index contributed by atoms with van der Waals surface area (Å²) in [4.78, 5) is 25.6. The van der Waals surface area contributed by atoms with Gasteiger partial charge in [-0.3, -0.25) is 14.5 Å². The van der Waals surface area contributed by atoms with Crippen molar-refractivity contribution in [2.45, 2.75) is 18.8 Å². The quantitative estimate of drug-likeness (QED) is 0.778. The molecule has 1 unspecified atom stereocenters. The molecule has 2 rings (SSSR count). The summed E-state index contributed by atoms with van der Waals surface area (Å²) in [6.07, 6.45) is 2.22. The highest BCUT2D eigenvalue weighted by Gasteiger charge is 2.45. The molecule has 1 heterocycles. The summed E-state index contributed by atoms with van der Waals surface area (Å²) in [6, 6.07) is 9.47. The molecule has 0 fully saturated rings. The van der Waals surface area contributed by atoms with Gasteiger partial charge in [0.1, 0.15) is 0 Å². The maximum atomic E-state index is 12.6. The van der Waals surface area contributed by atoms with E-state index in [0.717, 1.165) is 10.5 Å². The number of nitrogens with zero attached hydrogens (tertiary/aromatic N) is 1. The van der Waals surface area contributed by atoms with E-state index in [1.54, 1.807) is 6.08 Å². The summed E-state index contributed by atoms with van der Waals surface area (Å²) in [5, 5.41) is 0. The molecule has 1 aromatic carbocycles. The minimum atomic E-state index is -0.824. The molecule has 0 saturated heterocycles. The van der Waals surface area contributed by atoms with Crippen LogP contribution in [0.15, 0.2) is 42.2 Å². The van der Waals surface area contributed by atoms with Crippen molar-refractivity contribution in [3.8, 4) is 0 Å². The zero-order chi connectivity index (χ0) is 14.0. The van der Waals surface area contributed by atoms with Gasteiger partial charge in [-0.1, -0.05) is 37.3 Å². The first-order valence-corrected chi connectivity index (χ1v) is 6.21. The molecule has 2 amide bonds. The predicted molar refractivity (Wildman–Crippen MR) is 71.3 cm³/mol. The minimum Gasteiger partial charge on any atom is -0.491 e. The van der Waals surface area contributed by atoms with Gasteiger partial charge in [-0.25, -0.2) is 0 Å². The smallest absolute Gasteiger partial charge is 0.294 e. The molecule has 0 bridgehead atoms. The Morgan fingerprint density at radius 1 is 1.21 bits per heavy atom. The lowest BCUT2D eigenvalue weighted by molar-refractivity contribution is -0.147. The summed E-state index contributed by atoms with van der Waals surface area (Å²) >= 11 is 0. The van der Waals surface area contributed by atoms with Gasteiger partial charge < -0.3 is 4.74 Å². The Morgan fingerprint density at radius 3 is 2.37 bits per heavy atom. The van der Waals surface area contributed by atoms with Crippen molar-refractivity contribution in [2.75, 3.05) is 14.2 Å². The monoisotopic (exact) mass is 259 g/mol. The molecular weight excluding hydrogens is 242 g/mol. The van der Waals surface area contributed by atoms with Crippen LogP contribution in [0.1, 0.15) is 18.9 Å². The molecule has 100 valence electrons. The molecule has 0 aromatic heterocycles. The highest BCUT2D eigenvalue weighted by atomic mass is 16.5. The number of imide groups is 1. The second kappa shape index (κ2) is 4.88. The molecule has 0 spiro atoms. The zero-order valence-electron chi connectivity index (χ0n) is 11.3. The van der Waals surface area contributed by atoms with Gasteiger partial charge in [0, 0.05) is 7.05 Å². The van der Waals surface area contributed by atoms with E-state index in [-0.39, 0.29) is 11.7 Å². The van der Waals surface area contributed by atoms with E-state index in [2.05, 4.69) is 0 Å². The molecule has 1 aliphatic heterocycles. The second-order valence-electron chi connectivity index (χ2n) is 4.57. The summed E-state index contributed by atoms with van der Waals surface area (Å²) in [5.74, 6) is -0.396. The van der Waals surface area contributed by atoms with Gasteiger partial charge in [0.2, 0.25) is 5.91 Å². The molecule has 0 saturated carbocycles. The zero-order valence-corrected chi connectivity index (χ0v) is 11.3. The van der Waals surface area contributed by atoms with E-state index in [1.165, 1.54) is 14.2 Å². The van der Waals surface area contributed by atoms with Crippen molar-refractivity contribution < 1.29 is 14.3 Å². The van der Waals surface area contributed by atoms with E-state index in [1.807, 2.05) is 37.3 Å². The first-order valence-electron chi connectivity index (χ1n) is 6.21. The minimum absolute atomic E-state index is 0.216. The molecule has 4 nitrogen and oxygen atoms in total. The predicted octanol–water partition coefficient (Wildman–Crippen LogP) is 1.86. The summed E-state index contributed by atoms with van der Waals surface area (Å²) in [7, 11) is 2.93. The third kappa shape index (κ3) is 1.93. The molecule has 1 aromatic rings. The first-order chi connectivity index (χ1) is 9.06. The maximum Gasteiger partial charge on any atom is 0.294 e. The van der Waals surface area contributed by atoms with E-state index < -0.39 is 11.3 Å². The molecule has 1 aliphatic rings. The van der Waals surface area contributed by atoms with Crippen LogP contribution in [0, 0.1) is 0 Å². The Hall–Kier alpha value is -2.10. The molecule has 4 heteroatoms. The Labute approximate surface area is 112 Å². The van der Waals surface area contributed by atoms with Crippen molar-refractivity contribution in [3.63, 3.8) is 0 Å². The van der Waals surface area contributed by atoms with Gasteiger partial charge in [-0.15, -0.1) is 0 Å². The van der Waals surface area contributed by atoms with Crippen LogP contribution in [-0.2, 0) is 19.7 Å². The fourth-order valence-corrected chi connectivity index (χ4v) is 2.45. The number of amides is 2. The number of ether oxygens (including phenoxy) is 1. The highest BCUT2D eigenvalue weighted by molar-refractivity contribution is 6.10. The second-order valence-corrected chi connectivity index (χ2v) is 4.57. The first kappa shape index (κ1) is 13.3. The molecule has 1 atom stereocenters. The van der Waals surface area contributed by atoms with Crippen molar-refractivity contribution in [3.05, 3.63) is 47.7 Å². The molecule has 0 radical (unpaired) electrons. The standard InChI is InChI=1S/C15H17NO3/c1-4-15(11-8-6-5-7-9-11)10-12(19-3)13(17)16(2)14(15)18/h5-10H,4H2,1-3H3. The lowest BCUT2D eigenvalue weighted by atomic mass is 9.74. The number of benzene rings is 1. The Morgan fingerprint density at radius 2 is 1.84 bits per heavy atom. The van der Waals surface area contributed by atoms with E-state index >= 15 is 0 Å². The summed E-state index contributed by atoms with van der Waals surface area (Å²) in [6.45, 7) is 1.93. The average Bonchev–Trinajstić information content (AvgIpc) is 2.47. The van der Waals surface area contributed by atoms with Crippen molar-refractivity contribution in [1.29, 1.82) is 0 Å². The summed E-state index contributed by atoms with van der Waals surface area (Å²) < 4.78 is 5.12. The van der Waals surface area contributed by atoms with E-state index in [9.17, 15) is 9.59 Å². The van der Waals surface area contributed by atoms with E-state index in [0.29, 0.717) is 6.42 Å². The van der Waals surface area contributed by atoms with Gasteiger partial charge in [-0.05, 0) is 18.1 Å². The number of methoxy groups -OCH3 is 1. The van der Waals surface area contributed by atoms with Crippen LogP contribution >= 0.6 is 0 Å². The van der Waals surface area contributed by atoms with Gasteiger partial charge >= 0.3 is 0 Å². The number of likely N-dealkylation sites (N-methyl/N-ethyl adjacent to an activating group) is 1. The molecule has 0 aliphatic carbocycles. The summed E-state index contributed by atoms with van der Waals surface area (Å²) in [5.41, 5.74) is 0.0475. The molecule has 19 heavy (non-hydrogen) atoms. The Balaban J connectivity index is 2.64. The Kier molecular flexibility index (Phi) is 3.42. The highest BCUT2D eigenvalue weighted by Crippen LogP contribution is 2.36. The maximum absolute atomic E-state index is 12.6. The number of hydrogen-bond acceptors (Lipinski definition) is 3. The number of rotatable bonds is 3. The number of hydrogen-bond donors (Lipinski definition) is 0. The van der Waals surface area contributed by atoms with Crippen molar-refractivity contribution >= 4 is 11.8 Å². The van der Waals surface area contributed by atoms with Gasteiger partial charge in [0.15, 0.2) is 5.76 Å². The average molecular weight is 259 g/mol. The van der Waals surface area contributed by atoms with Crippen LogP contribution in [0.2, 0.25) is 0 Å². The molecular formula is C15H17NO3. The third-order valence-corrected chi connectivity index (χ3v) is 3.65. The normalized spacial score (nSPS) is 23.3. The van der Waals surface area contributed by atoms with Crippen LogP contribution in [0.3, 0.4) is 0 Å². The SMILES string of the molecule is CCC1(c2ccccc2)C=C(OC)C(=O)N(C)C1=O. The van der Waals surface area contributed by atoms with Gasteiger partial charge in [0.05, 0.1) is 12.5 Å². The number of carbonyl (C=O) groups is 2. The van der Waals surface area contributed by atoms with Crippen molar-refractivity contribution in [1.82, 2.24) is 4.90 Å². The lowest BCUT2D eigenvalue weighted by Gasteiger charge is -2.36.